The number of rotatable bonds is 4. The lowest BCUT2D eigenvalue weighted by Crippen LogP contribution is -2.01. The van der Waals surface area contributed by atoms with E-state index in [4.69, 9.17) is 4.42 Å². The van der Waals surface area contributed by atoms with Gasteiger partial charge in [0.05, 0.1) is 6.54 Å². The van der Waals surface area contributed by atoms with Crippen LogP contribution < -0.4 is 10.6 Å². The number of aromatic nitrogens is 1. The second-order valence-corrected chi connectivity index (χ2v) is 3.52. The quantitative estimate of drug-likeness (QED) is 0.826. The third-order valence-corrected chi connectivity index (χ3v) is 2.24. The van der Waals surface area contributed by atoms with Crippen LogP contribution in [-0.4, -0.2) is 12.0 Å². The highest BCUT2D eigenvalue weighted by molar-refractivity contribution is 5.44. The molecule has 0 saturated carbocycles. The first-order valence-corrected chi connectivity index (χ1v) is 5.22. The van der Waals surface area contributed by atoms with Crippen molar-refractivity contribution in [3.8, 4) is 0 Å². The summed E-state index contributed by atoms with van der Waals surface area (Å²) < 4.78 is 5.46. The van der Waals surface area contributed by atoms with E-state index in [1.807, 2.05) is 44.3 Å². The number of pyridine rings is 1. The zero-order valence-electron chi connectivity index (χ0n) is 9.45. The predicted octanol–water partition coefficient (Wildman–Crippen LogP) is 2.64. The summed E-state index contributed by atoms with van der Waals surface area (Å²) in [6, 6.07) is 9.71. The maximum Gasteiger partial charge on any atom is 0.128 e. The van der Waals surface area contributed by atoms with E-state index in [0.29, 0.717) is 6.54 Å². The highest BCUT2D eigenvalue weighted by Gasteiger charge is 1.99. The van der Waals surface area contributed by atoms with E-state index in [9.17, 15) is 0 Å². The van der Waals surface area contributed by atoms with Crippen molar-refractivity contribution >= 4 is 11.6 Å². The molecule has 0 aliphatic heterocycles. The summed E-state index contributed by atoms with van der Waals surface area (Å²) in [4.78, 5) is 4.35. The summed E-state index contributed by atoms with van der Waals surface area (Å²) in [6.45, 7) is 2.58. The highest BCUT2D eigenvalue weighted by atomic mass is 16.3. The molecule has 2 rings (SSSR count). The van der Waals surface area contributed by atoms with Gasteiger partial charge in [0.25, 0.3) is 0 Å². The lowest BCUT2D eigenvalue weighted by molar-refractivity contribution is 0.490. The number of nitrogens with one attached hydrogen (secondary N) is 2. The molecule has 0 unspecified atom stereocenters. The number of furan rings is 1. The Morgan fingerprint density at radius 2 is 2.00 bits per heavy atom. The van der Waals surface area contributed by atoms with Crippen molar-refractivity contribution in [3.63, 3.8) is 0 Å². The molecule has 2 heterocycles. The minimum absolute atomic E-state index is 0.647. The van der Waals surface area contributed by atoms with Crippen molar-refractivity contribution < 1.29 is 4.42 Å². The molecule has 0 amide bonds. The Morgan fingerprint density at radius 3 is 2.69 bits per heavy atom. The summed E-state index contributed by atoms with van der Waals surface area (Å²) in [7, 11) is 1.85. The average molecular weight is 217 g/mol. The number of hydrogen-bond donors (Lipinski definition) is 2. The van der Waals surface area contributed by atoms with Crippen LogP contribution in [0.1, 0.15) is 11.5 Å². The molecule has 0 saturated heterocycles. The lowest BCUT2D eigenvalue weighted by Gasteiger charge is -2.05. The van der Waals surface area contributed by atoms with Gasteiger partial charge in [-0.25, -0.2) is 4.98 Å². The van der Waals surface area contributed by atoms with Crippen molar-refractivity contribution in [1.29, 1.82) is 0 Å². The van der Waals surface area contributed by atoms with E-state index >= 15 is 0 Å². The van der Waals surface area contributed by atoms with Gasteiger partial charge in [-0.1, -0.05) is 6.07 Å². The van der Waals surface area contributed by atoms with Gasteiger partial charge in [0, 0.05) is 7.05 Å². The molecule has 4 heteroatoms. The van der Waals surface area contributed by atoms with Gasteiger partial charge in [0.2, 0.25) is 0 Å². The maximum absolute atomic E-state index is 5.46. The van der Waals surface area contributed by atoms with Crippen molar-refractivity contribution in [3.05, 3.63) is 41.9 Å². The normalized spacial score (nSPS) is 10.1. The van der Waals surface area contributed by atoms with Gasteiger partial charge in [-0.2, -0.15) is 0 Å². The first-order valence-electron chi connectivity index (χ1n) is 5.22. The van der Waals surface area contributed by atoms with Crippen LogP contribution in [0.3, 0.4) is 0 Å². The molecular weight excluding hydrogens is 202 g/mol. The molecular formula is C12H15N3O. The summed E-state index contributed by atoms with van der Waals surface area (Å²) >= 11 is 0. The van der Waals surface area contributed by atoms with Gasteiger partial charge in [-0.15, -0.1) is 0 Å². The molecule has 4 nitrogen and oxygen atoms in total. The minimum Gasteiger partial charge on any atom is -0.465 e. The number of anilines is 2. The van der Waals surface area contributed by atoms with Crippen molar-refractivity contribution in [1.82, 2.24) is 4.98 Å². The second-order valence-electron chi connectivity index (χ2n) is 3.52. The molecule has 2 aromatic heterocycles. The van der Waals surface area contributed by atoms with Crippen LogP contribution in [0, 0.1) is 6.92 Å². The molecule has 16 heavy (non-hydrogen) atoms. The van der Waals surface area contributed by atoms with E-state index in [1.165, 1.54) is 0 Å². The fourth-order valence-electron chi connectivity index (χ4n) is 1.43. The van der Waals surface area contributed by atoms with Crippen LogP contribution in [-0.2, 0) is 6.54 Å². The molecule has 84 valence electrons. The topological polar surface area (TPSA) is 50.1 Å². The van der Waals surface area contributed by atoms with Gasteiger partial charge in [-0.3, -0.25) is 0 Å². The number of aryl methyl sites for hydroxylation is 1. The van der Waals surface area contributed by atoms with E-state index in [2.05, 4.69) is 15.6 Å². The van der Waals surface area contributed by atoms with Crippen LogP contribution in [0.4, 0.5) is 11.6 Å². The Hall–Kier alpha value is -1.97. The fraction of sp³-hybridized carbons (Fsp3) is 0.250. The third kappa shape index (κ3) is 2.53. The zero-order valence-corrected chi connectivity index (χ0v) is 9.45. The third-order valence-electron chi connectivity index (χ3n) is 2.24. The van der Waals surface area contributed by atoms with Crippen LogP contribution >= 0.6 is 0 Å². The monoisotopic (exact) mass is 217 g/mol. The van der Waals surface area contributed by atoms with Crippen LogP contribution in [0.25, 0.3) is 0 Å². The largest absolute Gasteiger partial charge is 0.465 e. The van der Waals surface area contributed by atoms with E-state index in [1.54, 1.807) is 0 Å². The molecule has 0 bridgehead atoms. The Morgan fingerprint density at radius 1 is 1.19 bits per heavy atom. The van der Waals surface area contributed by atoms with E-state index < -0.39 is 0 Å². The first kappa shape index (κ1) is 10.5. The Bertz CT molecular complexity index is 465. The second kappa shape index (κ2) is 4.70. The molecule has 0 aromatic carbocycles. The molecule has 2 N–H and O–H groups in total. The summed E-state index contributed by atoms with van der Waals surface area (Å²) in [6.07, 6.45) is 0. The standard InChI is InChI=1S/C12H15N3O/c1-9-6-7-10(16-9)8-14-12-5-3-4-11(13-2)15-12/h3-7H,8H2,1-2H3,(H2,13,14,15). The van der Waals surface area contributed by atoms with Crippen LogP contribution in [0.2, 0.25) is 0 Å². The molecule has 0 fully saturated rings. The van der Waals surface area contributed by atoms with Gasteiger partial charge < -0.3 is 15.1 Å². The predicted molar refractivity (Wildman–Crippen MR) is 64.6 cm³/mol. The molecule has 0 aliphatic carbocycles. The molecule has 0 radical (unpaired) electrons. The zero-order chi connectivity index (χ0) is 11.4. The smallest absolute Gasteiger partial charge is 0.128 e. The molecule has 0 atom stereocenters. The van der Waals surface area contributed by atoms with Gasteiger partial charge in [0.1, 0.15) is 23.2 Å². The van der Waals surface area contributed by atoms with Gasteiger partial charge in [-0.05, 0) is 31.2 Å². The Labute approximate surface area is 94.7 Å². The van der Waals surface area contributed by atoms with Gasteiger partial charge in [0.15, 0.2) is 0 Å². The van der Waals surface area contributed by atoms with Crippen molar-refractivity contribution in [2.45, 2.75) is 13.5 Å². The van der Waals surface area contributed by atoms with Crippen LogP contribution in [0.15, 0.2) is 34.7 Å². The van der Waals surface area contributed by atoms with Crippen molar-refractivity contribution in [2.24, 2.45) is 0 Å². The maximum atomic E-state index is 5.46. The van der Waals surface area contributed by atoms with Crippen LogP contribution in [0.5, 0.6) is 0 Å². The lowest BCUT2D eigenvalue weighted by atomic mass is 10.4. The Kier molecular flexibility index (Phi) is 3.10. The molecule has 0 spiro atoms. The molecule has 0 aliphatic rings. The molecule has 2 aromatic rings. The fourth-order valence-corrected chi connectivity index (χ4v) is 1.43. The van der Waals surface area contributed by atoms with E-state index in [0.717, 1.165) is 23.2 Å². The summed E-state index contributed by atoms with van der Waals surface area (Å²) in [5.74, 6) is 3.52. The number of nitrogens with zero attached hydrogens (tertiary/aromatic N) is 1. The minimum atomic E-state index is 0.647. The van der Waals surface area contributed by atoms with Crippen molar-refractivity contribution in [2.75, 3.05) is 17.7 Å². The highest BCUT2D eigenvalue weighted by Crippen LogP contribution is 2.11. The average Bonchev–Trinajstić information content (AvgIpc) is 2.73. The SMILES string of the molecule is CNc1cccc(NCc2ccc(C)o2)n1. The number of hydrogen-bond acceptors (Lipinski definition) is 4. The Balaban J connectivity index is 1.99. The van der Waals surface area contributed by atoms with E-state index in [-0.39, 0.29) is 0 Å². The summed E-state index contributed by atoms with van der Waals surface area (Å²) in [5, 5.41) is 6.20. The first-order chi connectivity index (χ1) is 7.78. The van der Waals surface area contributed by atoms with Gasteiger partial charge >= 0.3 is 0 Å². The summed E-state index contributed by atoms with van der Waals surface area (Å²) in [5.41, 5.74) is 0.